The Morgan fingerprint density at radius 3 is 2.07 bits per heavy atom. The number of fused-ring (bicyclic) bond motifs is 3. The molecule has 3 aromatic rings. The van der Waals surface area contributed by atoms with Gasteiger partial charge in [0.15, 0.2) is 6.10 Å². The van der Waals surface area contributed by atoms with Crippen LogP contribution in [0.1, 0.15) is 41.3 Å². The average molecular weight is 385 g/mol. The third kappa shape index (κ3) is 3.54. The van der Waals surface area contributed by atoms with Crippen LogP contribution in [-0.2, 0) is 16.0 Å². The van der Waals surface area contributed by atoms with Gasteiger partial charge in [0.25, 0.3) is 0 Å². The second-order valence-electron chi connectivity index (χ2n) is 7.34. The third-order valence-corrected chi connectivity index (χ3v) is 5.65. The first kappa shape index (κ1) is 18.9. The Hall–Kier alpha value is -3.40. The quantitative estimate of drug-likeness (QED) is 0.558. The van der Waals surface area contributed by atoms with Gasteiger partial charge in [-0.05, 0) is 29.2 Å². The van der Waals surface area contributed by atoms with E-state index in [4.69, 9.17) is 4.74 Å². The molecular formula is C25H23NO3. The van der Waals surface area contributed by atoms with Crippen molar-refractivity contribution >= 4 is 12.4 Å². The maximum Gasteiger partial charge on any atom is 0.410 e. The number of rotatable bonds is 5. The molecule has 1 aliphatic carbocycles. The fourth-order valence-corrected chi connectivity index (χ4v) is 3.83. The Labute approximate surface area is 170 Å². The number of benzene rings is 3. The highest BCUT2D eigenvalue weighted by atomic mass is 16.6. The minimum atomic E-state index is -0.403. The third-order valence-electron chi connectivity index (χ3n) is 5.65. The summed E-state index contributed by atoms with van der Waals surface area (Å²) in [7, 11) is 1.75. The fourth-order valence-electron chi connectivity index (χ4n) is 3.83. The zero-order chi connectivity index (χ0) is 20.4. The van der Waals surface area contributed by atoms with Crippen LogP contribution in [0, 0.1) is 0 Å². The lowest BCUT2D eigenvalue weighted by Crippen LogP contribution is -2.31. The van der Waals surface area contributed by atoms with Gasteiger partial charge in [0.05, 0.1) is 6.04 Å². The summed E-state index contributed by atoms with van der Waals surface area (Å²) in [5, 5.41) is 0. The molecule has 146 valence electrons. The highest BCUT2D eigenvalue weighted by Gasteiger charge is 2.32. The van der Waals surface area contributed by atoms with Crippen LogP contribution >= 0.6 is 0 Å². The molecule has 3 aromatic carbocycles. The summed E-state index contributed by atoms with van der Waals surface area (Å²) in [5.74, 6) is 0. The lowest BCUT2D eigenvalue weighted by Gasteiger charge is -2.27. The molecule has 0 aliphatic heterocycles. The fraction of sp³-hybridized carbons (Fsp3) is 0.200. The van der Waals surface area contributed by atoms with Gasteiger partial charge in [-0.2, -0.15) is 0 Å². The van der Waals surface area contributed by atoms with E-state index in [1.807, 2.05) is 67.6 Å². The monoisotopic (exact) mass is 385 g/mol. The molecule has 1 amide bonds. The van der Waals surface area contributed by atoms with Crippen molar-refractivity contribution in [1.29, 1.82) is 0 Å². The van der Waals surface area contributed by atoms with E-state index >= 15 is 0 Å². The predicted octanol–water partition coefficient (Wildman–Crippen LogP) is 5.33. The molecule has 4 rings (SSSR count). The van der Waals surface area contributed by atoms with E-state index in [1.54, 1.807) is 11.9 Å². The number of nitrogens with zero attached hydrogens (tertiary/aromatic N) is 1. The summed E-state index contributed by atoms with van der Waals surface area (Å²) in [6.07, 6.45) is 0.511. The maximum atomic E-state index is 13.0. The Kier molecular flexibility index (Phi) is 5.17. The van der Waals surface area contributed by atoms with Crippen LogP contribution < -0.4 is 0 Å². The number of carbonyl (C=O) groups excluding carboxylic acids is 2. The molecule has 0 saturated carbocycles. The van der Waals surface area contributed by atoms with Gasteiger partial charge in [-0.15, -0.1) is 0 Å². The topological polar surface area (TPSA) is 46.6 Å². The second-order valence-corrected chi connectivity index (χ2v) is 7.34. The second kappa shape index (κ2) is 7.92. The molecule has 4 heteroatoms. The molecule has 0 aromatic heterocycles. The number of aldehydes is 1. The first-order valence-electron chi connectivity index (χ1n) is 9.74. The predicted molar refractivity (Wildman–Crippen MR) is 113 cm³/mol. The first-order chi connectivity index (χ1) is 14.1. The SMILES string of the molecule is C[C@@H](c1ccc(CC=O)cc1)N(C)C(=O)OC1c2ccccc2-c2ccccc21. The summed E-state index contributed by atoms with van der Waals surface area (Å²) in [6, 6.07) is 23.7. The lowest BCUT2D eigenvalue weighted by atomic mass is 10.0. The van der Waals surface area contributed by atoms with Crippen molar-refractivity contribution in [3.63, 3.8) is 0 Å². The molecule has 1 atom stereocenters. The maximum absolute atomic E-state index is 13.0. The van der Waals surface area contributed by atoms with Gasteiger partial charge in [-0.3, -0.25) is 0 Å². The standard InChI is InChI=1S/C25H23NO3/c1-17(19-13-11-18(12-14-19)15-16-27)26(2)25(28)29-24-22-9-5-3-7-20(22)21-8-4-6-10-23(21)24/h3-14,16-17,24H,15H2,1-2H3/t17-/m0/s1. The Bertz CT molecular complexity index is 996. The minimum Gasteiger partial charge on any atom is -0.436 e. The Morgan fingerprint density at radius 2 is 1.52 bits per heavy atom. The van der Waals surface area contributed by atoms with E-state index < -0.39 is 6.10 Å². The molecule has 0 saturated heterocycles. The zero-order valence-electron chi connectivity index (χ0n) is 16.5. The summed E-state index contributed by atoms with van der Waals surface area (Å²) in [6.45, 7) is 1.96. The van der Waals surface area contributed by atoms with Gasteiger partial charge in [-0.1, -0.05) is 72.8 Å². The Morgan fingerprint density at radius 1 is 0.966 bits per heavy atom. The van der Waals surface area contributed by atoms with Crippen LogP contribution in [0.25, 0.3) is 11.1 Å². The zero-order valence-corrected chi connectivity index (χ0v) is 16.5. The molecule has 0 fully saturated rings. The minimum absolute atomic E-state index is 0.153. The van der Waals surface area contributed by atoms with Gasteiger partial charge in [0, 0.05) is 24.6 Å². The summed E-state index contributed by atoms with van der Waals surface area (Å²) in [5.41, 5.74) is 6.21. The van der Waals surface area contributed by atoms with E-state index in [1.165, 1.54) is 0 Å². The van der Waals surface area contributed by atoms with E-state index in [9.17, 15) is 9.59 Å². The molecule has 0 unspecified atom stereocenters. The van der Waals surface area contributed by atoms with Crippen molar-refractivity contribution < 1.29 is 14.3 Å². The Balaban J connectivity index is 1.54. The summed E-state index contributed by atoms with van der Waals surface area (Å²) < 4.78 is 5.97. The van der Waals surface area contributed by atoms with Crippen molar-refractivity contribution in [2.24, 2.45) is 0 Å². The molecule has 29 heavy (non-hydrogen) atoms. The van der Waals surface area contributed by atoms with Gasteiger partial charge < -0.3 is 14.4 Å². The van der Waals surface area contributed by atoms with Gasteiger partial charge in [-0.25, -0.2) is 4.79 Å². The van der Waals surface area contributed by atoms with Crippen molar-refractivity contribution in [2.45, 2.75) is 25.5 Å². The number of hydrogen-bond donors (Lipinski definition) is 0. The summed E-state index contributed by atoms with van der Waals surface area (Å²) >= 11 is 0. The molecule has 0 radical (unpaired) electrons. The number of amides is 1. The van der Waals surface area contributed by atoms with Crippen molar-refractivity contribution in [3.8, 4) is 11.1 Å². The molecule has 4 nitrogen and oxygen atoms in total. The van der Waals surface area contributed by atoms with Gasteiger partial charge in [0.2, 0.25) is 0 Å². The molecule has 0 N–H and O–H groups in total. The molecule has 0 spiro atoms. The highest BCUT2D eigenvalue weighted by molar-refractivity contribution is 5.79. The van der Waals surface area contributed by atoms with Crippen molar-refractivity contribution in [2.75, 3.05) is 7.05 Å². The van der Waals surface area contributed by atoms with Crippen LogP contribution in [0.2, 0.25) is 0 Å². The van der Waals surface area contributed by atoms with E-state index in [2.05, 4.69) is 12.1 Å². The molecule has 0 bridgehead atoms. The van der Waals surface area contributed by atoms with Gasteiger partial charge in [0.1, 0.15) is 6.29 Å². The first-order valence-corrected chi connectivity index (χ1v) is 9.74. The molecular weight excluding hydrogens is 362 g/mol. The number of hydrogen-bond acceptors (Lipinski definition) is 3. The van der Waals surface area contributed by atoms with E-state index in [0.717, 1.165) is 39.7 Å². The van der Waals surface area contributed by atoms with Crippen LogP contribution in [0.15, 0.2) is 72.8 Å². The normalized spacial score (nSPS) is 13.3. The van der Waals surface area contributed by atoms with Crippen LogP contribution in [-0.4, -0.2) is 24.3 Å². The highest BCUT2D eigenvalue weighted by Crippen LogP contribution is 2.45. The van der Waals surface area contributed by atoms with E-state index in [0.29, 0.717) is 6.42 Å². The van der Waals surface area contributed by atoms with Gasteiger partial charge >= 0.3 is 6.09 Å². The number of ether oxygens (including phenoxy) is 1. The smallest absolute Gasteiger partial charge is 0.410 e. The molecule has 1 aliphatic rings. The van der Waals surface area contributed by atoms with Crippen molar-refractivity contribution in [1.82, 2.24) is 4.90 Å². The molecule has 0 heterocycles. The van der Waals surface area contributed by atoms with Crippen LogP contribution in [0.5, 0.6) is 0 Å². The van der Waals surface area contributed by atoms with Crippen molar-refractivity contribution in [3.05, 3.63) is 95.1 Å². The average Bonchev–Trinajstić information content (AvgIpc) is 3.07. The largest absolute Gasteiger partial charge is 0.436 e. The lowest BCUT2D eigenvalue weighted by molar-refractivity contribution is -0.107. The summed E-state index contributed by atoms with van der Waals surface area (Å²) in [4.78, 5) is 25.2. The number of carbonyl (C=O) groups is 2. The van der Waals surface area contributed by atoms with Crippen LogP contribution in [0.4, 0.5) is 4.79 Å². The van der Waals surface area contributed by atoms with E-state index in [-0.39, 0.29) is 12.1 Å². The van der Waals surface area contributed by atoms with Crippen LogP contribution in [0.3, 0.4) is 0 Å².